The van der Waals surface area contributed by atoms with Crippen LogP contribution in [0.3, 0.4) is 0 Å². The van der Waals surface area contributed by atoms with E-state index in [2.05, 4.69) is 46.3 Å². The number of non-ortho nitro benzene ring substituents is 1. The van der Waals surface area contributed by atoms with Crippen molar-refractivity contribution >= 4 is 22.4 Å². The number of anilines is 1. The maximum atomic E-state index is 11.0. The van der Waals surface area contributed by atoms with Crippen molar-refractivity contribution in [2.45, 2.75) is 26.7 Å². The molecule has 1 aliphatic carbocycles. The molecule has 3 rings (SSSR count). The van der Waals surface area contributed by atoms with E-state index in [1.54, 1.807) is 6.07 Å². The van der Waals surface area contributed by atoms with Gasteiger partial charge in [0.2, 0.25) is 5.52 Å². The van der Waals surface area contributed by atoms with E-state index >= 15 is 0 Å². The number of nitro benzene ring substituents is 1. The van der Waals surface area contributed by atoms with Crippen LogP contribution in [0.2, 0.25) is 0 Å². The zero-order valence-corrected chi connectivity index (χ0v) is 12.4. The number of allylic oxidation sites excluding steroid dienone is 3. The second-order valence-electron chi connectivity index (χ2n) is 5.49. The molecule has 1 aliphatic rings. The topological polar surface area (TPSA) is 94.1 Å². The van der Waals surface area contributed by atoms with Gasteiger partial charge in [-0.15, -0.1) is 0 Å². The average molecular weight is 300 g/mol. The third kappa shape index (κ3) is 2.45. The van der Waals surface area contributed by atoms with Gasteiger partial charge in [0, 0.05) is 11.8 Å². The van der Waals surface area contributed by atoms with E-state index < -0.39 is 4.92 Å². The number of nitrogens with zero attached hydrogens (tertiary/aromatic N) is 3. The van der Waals surface area contributed by atoms with Gasteiger partial charge in [-0.1, -0.05) is 26.0 Å². The van der Waals surface area contributed by atoms with E-state index in [1.165, 1.54) is 11.6 Å². The number of hydrogen-bond acceptors (Lipinski definition) is 6. The molecule has 1 heterocycles. The molecule has 0 saturated carbocycles. The summed E-state index contributed by atoms with van der Waals surface area (Å²) < 4.78 is 4.68. The number of nitrogens with one attached hydrogen (secondary N) is 1. The van der Waals surface area contributed by atoms with Crippen LogP contribution in [-0.2, 0) is 0 Å². The highest BCUT2D eigenvalue weighted by Gasteiger charge is 2.21. The summed E-state index contributed by atoms with van der Waals surface area (Å²) in [5.41, 5.74) is 3.31. The molecule has 0 radical (unpaired) electrons. The fraction of sp³-hybridized carbons (Fsp3) is 0.333. The Balaban J connectivity index is 2.00. The van der Waals surface area contributed by atoms with E-state index in [9.17, 15) is 10.1 Å². The van der Waals surface area contributed by atoms with Crippen molar-refractivity contribution in [3.63, 3.8) is 0 Å². The molecule has 114 valence electrons. The number of nitro groups is 1. The number of rotatable bonds is 4. The van der Waals surface area contributed by atoms with Crippen LogP contribution in [0.5, 0.6) is 0 Å². The van der Waals surface area contributed by atoms with Crippen molar-refractivity contribution < 1.29 is 9.55 Å². The number of hydrogen-bond donors (Lipinski definition) is 1. The first-order valence-corrected chi connectivity index (χ1v) is 7.15. The Bertz CT molecular complexity index is 789. The molecule has 7 nitrogen and oxygen atoms in total. The van der Waals surface area contributed by atoms with Crippen molar-refractivity contribution in [1.29, 1.82) is 0 Å². The maximum Gasteiger partial charge on any atom is 0.300 e. The van der Waals surface area contributed by atoms with Crippen LogP contribution in [0.15, 0.2) is 40.2 Å². The molecule has 0 unspecified atom stereocenters. The van der Waals surface area contributed by atoms with Gasteiger partial charge in [0.15, 0.2) is 5.52 Å². The molecular formula is C15H16N4O3. The van der Waals surface area contributed by atoms with Gasteiger partial charge >= 0.3 is 5.69 Å². The molecule has 22 heavy (non-hydrogen) atoms. The molecule has 0 spiro atoms. The van der Waals surface area contributed by atoms with Crippen molar-refractivity contribution in [2.75, 3.05) is 5.32 Å². The Kier molecular flexibility index (Phi) is 3.62. The Labute approximate surface area is 126 Å². The molecule has 7 heteroatoms. The van der Waals surface area contributed by atoms with E-state index in [0.717, 1.165) is 18.5 Å². The Morgan fingerprint density at radius 2 is 1.95 bits per heavy atom. The van der Waals surface area contributed by atoms with Gasteiger partial charge in [-0.25, -0.2) is 4.63 Å². The average Bonchev–Trinajstić information content (AvgIpc) is 2.97. The lowest BCUT2D eigenvalue weighted by Crippen LogP contribution is -2.10. The molecule has 1 aromatic heterocycles. The zero-order valence-electron chi connectivity index (χ0n) is 12.4. The summed E-state index contributed by atoms with van der Waals surface area (Å²) in [7, 11) is 0. The van der Waals surface area contributed by atoms with Crippen molar-refractivity contribution in [1.82, 2.24) is 10.3 Å². The first-order valence-electron chi connectivity index (χ1n) is 7.15. The number of fused-ring (bicyclic) bond motifs is 1. The van der Waals surface area contributed by atoms with Crippen LogP contribution in [-0.4, -0.2) is 15.2 Å². The molecule has 1 N–H and O–H groups in total. The smallest absolute Gasteiger partial charge is 0.300 e. The summed E-state index contributed by atoms with van der Waals surface area (Å²) in [6.07, 6.45) is 6.35. The predicted octanol–water partition coefficient (Wildman–Crippen LogP) is 3.80. The van der Waals surface area contributed by atoms with Crippen LogP contribution in [0, 0.1) is 16.0 Å². The fourth-order valence-electron chi connectivity index (χ4n) is 2.61. The summed E-state index contributed by atoms with van der Waals surface area (Å²) in [6, 6.07) is 3.05. The molecule has 0 atom stereocenters. The first-order chi connectivity index (χ1) is 10.6. The minimum atomic E-state index is -0.490. The van der Waals surface area contributed by atoms with Crippen LogP contribution >= 0.6 is 0 Å². The third-order valence-corrected chi connectivity index (χ3v) is 3.67. The molecule has 0 fully saturated rings. The van der Waals surface area contributed by atoms with Crippen LogP contribution in [0.25, 0.3) is 11.0 Å². The minimum absolute atomic E-state index is 0.112. The molecular weight excluding hydrogens is 284 g/mol. The SMILES string of the molecule is CC(C)C1=CCCC=C1Nc1ccc([N+](=O)[O-])c2nonc12. The number of benzene rings is 1. The van der Waals surface area contributed by atoms with Crippen LogP contribution in [0.1, 0.15) is 26.7 Å². The van der Waals surface area contributed by atoms with Crippen LogP contribution < -0.4 is 5.32 Å². The molecule has 0 aliphatic heterocycles. The van der Waals surface area contributed by atoms with E-state index in [-0.39, 0.29) is 11.2 Å². The lowest BCUT2D eigenvalue weighted by molar-refractivity contribution is -0.383. The van der Waals surface area contributed by atoms with E-state index in [4.69, 9.17) is 0 Å². The summed E-state index contributed by atoms with van der Waals surface area (Å²) in [4.78, 5) is 10.5. The highest BCUT2D eigenvalue weighted by molar-refractivity contribution is 5.94. The van der Waals surface area contributed by atoms with Gasteiger partial charge in [0.25, 0.3) is 0 Å². The van der Waals surface area contributed by atoms with E-state index in [0.29, 0.717) is 17.1 Å². The Hall–Kier alpha value is -2.70. The predicted molar refractivity (Wildman–Crippen MR) is 82.3 cm³/mol. The van der Waals surface area contributed by atoms with Gasteiger partial charge in [0.1, 0.15) is 0 Å². The minimum Gasteiger partial charge on any atom is -0.354 e. The molecule has 0 amide bonds. The standard InChI is InChI=1S/C15H16N4O3/c1-9(2)10-5-3-4-6-11(10)16-12-7-8-13(19(20)21)15-14(12)17-22-18-15/h5-9,16H,3-4H2,1-2H3. The molecule has 0 saturated heterocycles. The summed E-state index contributed by atoms with van der Waals surface area (Å²) in [5.74, 6) is 0.392. The van der Waals surface area contributed by atoms with Crippen molar-refractivity contribution in [3.05, 3.63) is 45.7 Å². The molecule has 0 bridgehead atoms. The monoisotopic (exact) mass is 300 g/mol. The van der Waals surface area contributed by atoms with E-state index in [1.807, 2.05) is 0 Å². The first kappa shape index (κ1) is 14.2. The maximum absolute atomic E-state index is 11.0. The lowest BCUT2D eigenvalue weighted by Gasteiger charge is -2.21. The van der Waals surface area contributed by atoms with Gasteiger partial charge < -0.3 is 5.32 Å². The second kappa shape index (κ2) is 5.59. The summed E-state index contributed by atoms with van der Waals surface area (Å²) >= 11 is 0. The van der Waals surface area contributed by atoms with Gasteiger partial charge in [0.05, 0.1) is 10.6 Å². The molecule has 1 aromatic carbocycles. The fourth-order valence-corrected chi connectivity index (χ4v) is 2.61. The van der Waals surface area contributed by atoms with Crippen molar-refractivity contribution in [3.8, 4) is 0 Å². The summed E-state index contributed by atoms with van der Waals surface area (Å²) in [6.45, 7) is 4.27. The quantitative estimate of drug-likeness (QED) is 0.681. The number of aromatic nitrogens is 2. The van der Waals surface area contributed by atoms with Gasteiger partial charge in [-0.3, -0.25) is 10.1 Å². The van der Waals surface area contributed by atoms with Crippen LogP contribution in [0.4, 0.5) is 11.4 Å². The Morgan fingerprint density at radius 3 is 2.68 bits per heavy atom. The Morgan fingerprint density at radius 1 is 1.23 bits per heavy atom. The van der Waals surface area contributed by atoms with Gasteiger partial charge in [-0.2, -0.15) is 0 Å². The largest absolute Gasteiger partial charge is 0.354 e. The summed E-state index contributed by atoms with van der Waals surface area (Å²) in [5, 5.41) is 21.8. The van der Waals surface area contributed by atoms with Gasteiger partial charge in [-0.05, 0) is 40.7 Å². The lowest BCUT2D eigenvalue weighted by atomic mass is 9.93. The van der Waals surface area contributed by atoms with Crippen molar-refractivity contribution in [2.24, 2.45) is 5.92 Å². The zero-order chi connectivity index (χ0) is 15.7. The highest BCUT2D eigenvalue weighted by atomic mass is 16.6. The third-order valence-electron chi connectivity index (χ3n) is 3.67. The second-order valence-corrected chi connectivity index (χ2v) is 5.49. The molecule has 2 aromatic rings. The normalized spacial score (nSPS) is 14.9. The highest BCUT2D eigenvalue weighted by Crippen LogP contribution is 2.32.